The second kappa shape index (κ2) is 5.33. The summed E-state index contributed by atoms with van der Waals surface area (Å²) in [4.78, 5) is 8.24. The Morgan fingerprint density at radius 2 is 2.10 bits per heavy atom. The van der Waals surface area contributed by atoms with Gasteiger partial charge in [0.15, 0.2) is 5.65 Å². The number of nitrogen functional groups attached to an aromatic ring is 1. The predicted octanol–water partition coefficient (Wildman–Crippen LogP) is 3.61. The highest BCUT2D eigenvalue weighted by Gasteiger charge is 2.14. The smallest absolute Gasteiger partial charge is 0.235 e. The Labute approximate surface area is 129 Å². The number of nitrogens with zero attached hydrogens (tertiary/aromatic N) is 3. The minimum atomic E-state index is 0.143. The third-order valence-electron chi connectivity index (χ3n) is 3.09. The van der Waals surface area contributed by atoms with Crippen LogP contribution in [0.15, 0.2) is 28.9 Å². The molecule has 0 saturated heterocycles. The first-order valence-electron chi connectivity index (χ1n) is 6.48. The lowest BCUT2D eigenvalue weighted by molar-refractivity contribution is 0.460. The van der Waals surface area contributed by atoms with Crippen molar-refractivity contribution in [3.8, 4) is 11.6 Å². The minimum absolute atomic E-state index is 0.143. The van der Waals surface area contributed by atoms with Crippen molar-refractivity contribution in [1.82, 2.24) is 20.2 Å². The maximum atomic E-state index is 5.97. The van der Waals surface area contributed by atoms with E-state index in [0.29, 0.717) is 22.8 Å². The second-order valence-electron chi connectivity index (χ2n) is 4.96. The first-order valence-corrected chi connectivity index (χ1v) is 7.28. The fourth-order valence-electron chi connectivity index (χ4n) is 2.07. The third kappa shape index (κ3) is 2.69. The van der Waals surface area contributed by atoms with Gasteiger partial charge in [0.2, 0.25) is 11.8 Å². The maximum Gasteiger partial charge on any atom is 0.235 e. The monoisotopic (exact) mass is 347 g/mol. The van der Waals surface area contributed by atoms with Crippen LogP contribution < -0.4 is 10.5 Å². The lowest BCUT2D eigenvalue weighted by Gasteiger charge is -2.14. The van der Waals surface area contributed by atoms with E-state index in [1.807, 2.05) is 18.2 Å². The second-order valence-corrected chi connectivity index (χ2v) is 5.87. The van der Waals surface area contributed by atoms with Crippen molar-refractivity contribution in [2.75, 3.05) is 5.73 Å². The van der Waals surface area contributed by atoms with Gasteiger partial charge in [0.25, 0.3) is 0 Å². The lowest BCUT2D eigenvalue weighted by Crippen LogP contribution is -2.00. The number of H-pyrrole nitrogens is 1. The van der Waals surface area contributed by atoms with Crippen LogP contribution in [0, 0.1) is 0 Å². The number of rotatable bonds is 3. The molecule has 2 aromatic heterocycles. The van der Waals surface area contributed by atoms with Gasteiger partial charge < -0.3 is 10.5 Å². The molecule has 7 heteroatoms. The normalized spacial score (nSPS) is 11.2. The molecule has 6 nitrogen and oxygen atoms in total. The molecule has 3 aromatic rings. The standard InChI is InChI=1S/C14H14BrN5O/c1-7(2)9-5-8(15)3-4-11(9)21-13-10-6-17-20-12(10)18-14(16)19-13/h3-7H,1-2H3,(H3,16,17,18,19,20). The summed E-state index contributed by atoms with van der Waals surface area (Å²) in [5.74, 6) is 1.60. The molecule has 0 radical (unpaired) electrons. The predicted molar refractivity (Wildman–Crippen MR) is 84.4 cm³/mol. The number of hydrogen-bond acceptors (Lipinski definition) is 5. The van der Waals surface area contributed by atoms with Crippen LogP contribution in [0.5, 0.6) is 11.6 Å². The minimum Gasteiger partial charge on any atom is -0.438 e. The molecule has 0 atom stereocenters. The van der Waals surface area contributed by atoms with Crippen molar-refractivity contribution < 1.29 is 4.74 Å². The fourth-order valence-corrected chi connectivity index (χ4v) is 2.45. The molecule has 108 valence electrons. The van der Waals surface area contributed by atoms with Crippen LogP contribution in [0.2, 0.25) is 0 Å². The zero-order valence-electron chi connectivity index (χ0n) is 11.6. The van der Waals surface area contributed by atoms with E-state index in [9.17, 15) is 0 Å². The van der Waals surface area contributed by atoms with Crippen LogP contribution >= 0.6 is 15.9 Å². The Morgan fingerprint density at radius 3 is 2.86 bits per heavy atom. The summed E-state index contributed by atoms with van der Waals surface area (Å²) < 4.78 is 6.97. The summed E-state index contributed by atoms with van der Waals surface area (Å²) in [6.45, 7) is 4.22. The summed E-state index contributed by atoms with van der Waals surface area (Å²) in [6, 6.07) is 5.87. The van der Waals surface area contributed by atoms with Crippen molar-refractivity contribution in [1.29, 1.82) is 0 Å². The molecule has 0 saturated carbocycles. The van der Waals surface area contributed by atoms with Gasteiger partial charge in [-0.05, 0) is 29.7 Å². The fraction of sp³-hybridized carbons (Fsp3) is 0.214. The van der Waals surface area contributed by atoms with E-state index >= 15 is 0 Å². The Hall–Kier alpha value is -2.15. The van der Waals surface area contributed by atoms with Crippen LogP contribution in [0.1, 0.15) is 25.3 Å². The van der Waals surface area contributed by atoms with Gasteiger partial charge in [-0.25, -0.2) is 0 Å². The molecule has 2 heterocycles. The molecule has 0 aliphatic rings. The van der Waals surface area contributed by atoms with Crippen molar-refractivity contribution >= 4 is 32.9 Å². The number of ether oxygens (including phenoxy) is 1. The molecular weight excluding hydrogens is 334 g/mol. The van der Waals surface area contributed by atoms with Crippen molar-refractivity contribution in [2.24, 2.45) is 0 Å². The largest absolute Gasteiger partial charge is 0.438 e. The molecule has 1 aromatic carbocycles. The molecule has 0 unspecified atom stereocenters. The highest BCUT2D eigenvalue weighted by atomic mass is 79.9. The summed E-state index contributed by atoms with van der Waals surface area (Å²) in [7, 11) is 0. The van der Waals surface area contributed by atoms with E-state index in [0.717, 1.165) is 15.8 Å². The molecule has 0 spiro atoms. The number of aromatic amines is 1. The highest BCUT2D eigenvalue weighted by molar-refractivity contribution is 9.10. The van der Waals surface area contributed by atoms with Gasteiger partial charge in [0.1, 0.15) is 11.1 Å². The van der Waals surface area contributed by atoms with E-state index in [4.69, 9.17) is 10.5 Å². The number of hydrogen-bond donors (Lipinski definition) is 2. The number of benzene rings is 1. The van der Waals surface area contributed by atoms with E-state index in [2.05, 4.69) is 49.9 Å². The van der Waals surface area contributed by atoms with Crippen molar-refractivity contribution in [3.63, 3.8) is 0 Å². The first kappa shape index (κ1) is 13.8. The number of nitrogens with one attached hydrogen (secondary N) is 1. The zero-order valence-corrected chi connectivity index (χ0v) is 13.2. The van der Waals surface area contributed by atoms with Crippen molar-refractivity contribution in [3.05, 3.63) is 34.4 Å². The van der Waals surface area contributed by atoms with Crippen LogP contribution in [0.25, 0.3) is 11.0 Å². The summed E-state index contributed by atoms with van der Waals surface area (Å²) in [5, 5.41) is 7.41. The number of nitrogens with two attached hydrogens (primary N) is 1. The number of halogens is 1. The van der Waals surface area contributed by atoms with Gasteiger partial charge in [-0.3, -0.25) is 5.10 Å². The van der Waals surface area contributed by atoms with E-state index in [-0.39, 0.29) is 5.95 Å². The molecule has 3 rings (SSSR count). The van der Waals surface area contributed by atoms with Crippen LogP contribution in [0.4, 0.5) is 5.95 Å². The van der Waals surface area contributed by atoms with Gasteiger partial charge in [-0.1, -0.05) is 29.8 Å². The number of anilines is 1. The van der Waals surface area contributed by atoms with Crippen LogP contribution in [-0.4, -0.2) is 20.2 Å². The summed E-state index contributed by atoms with van der Waals surface area (Å²) in [6.07, 6.45) is 1.62. The quantitative estimate of drug-likeness (QED) is 0.755. The van der Waals surface area contributed by atoms with Gasteiger partial charge >= 0.3 is 0 Å². The molecule has 0 fully saturated rings. The van der Waals surface area contributed by atoms with Gasteiger partial charge in [-0.15, -0.1) is 0 Å². The summed E-state index contributed by atoms with van der Waals surface area (Å²) in [5.41, 5.74) is 7.34. The molecular formula is C14H14BrN5O. The van der Waals surface area contributed by atoms with E-state index < -0.39 is 0 Å². The van der Waals surface area contributed by atoms with Gasteiger partial charge in [0.05, 0.1) is 6.20 Å². The molecule has 0 bridgehead atoms. The topological polar surface area (TPSA) is 89.7 Å². The summed E-state index contributed by atoms with van der Waals surface area (Å²) >= 11 is 3.48. The van der Waals surface area contributed by atoms with Crippen LogP contribution in [-0.2, 0) is 0 Å². The Morgan fingerprint density at radius 1 is 1.29 bits per heavy atom. The first-order chi connectivity index (χ1) is 10.0. The average Bonchev–Trinajstić information content (AvgIpc) is 2.88. The zero-order chi connectivity index (χ0) is 15.0. The molecule has 3 N–H and O–H groups in total. The Bertz CT molecular complexity index is 799. The van der Waals surface area contributed by atoms with Crippen LogP contribution in [0.3, 0.4) is 0 Å². The maximum absolute atomic E-state index is 5.97. The van der Waals surface area contributed by atoms with Crippen molar-refractivity contribution in [2.45, 2.75) is 19.8 Å². The lowest BCUT2D eigenvalue weighted by atomic mass is 10.0. The molecule has 21 heavy (non-hydrogen) atoms. The molecule has 0 amide bonds. The van der Waals surface area contributed by atoms with Gasteiger partial charge in [0, 0.05) is 4.47 Å². The number of fused-ring (bicyclic) bond motifs is 1. The Kier molecular flexibility index (Phi) is 3.50. The van der Waals surface area contributed by atoms with E-state index in [1.165, 1.54) is 0 Å². The van der Waals surface area contributed by atoms with E-state index in [1.54, 1.807) is 6.20 Å². The number of aromatic nitrogens is 4. The third-order valence-corrected chi connectivity index (χ3v) is 3.59. The highest BCUT2D eigenvalue weighted by Crippen LogP contribution is 2.34. The van der Waals surface area contributed by atoms with Gasteiger partial charge in [-0.2, -0.15) is 15.1 Å². The molecule has 0 aliphatic carbocycles. The average molecular weight is 348 g/mol. The Balaban J connectivity index is 2.08. The molecule has 0 aliphatic heterocycles. The SMILES string of the molecule is CC(C)c1cc(Br)ccc1Oc1nc(N)nc2[nH]ncc12.